The predicted molar refractivity (Wildman–Crippen MR) is 86.0 cm³/mol. The summed E-state index contributed by atoms with van der Waals surface area (Å²) in [6.45, 7) is 5.93. The van der Waals surface area contributed by atoms with Gasteiger partial charge in [0.05, 0.1) is 5.75 Å². The van der Waals surface area contributed by atoms with E-state index in [0.29, 0.717) is 5.75 Å². The molecule has 2 nitrogen and oxygen atoms in total. The van der Waals surface area contributed by atoms with E-state index in [0.717, 1.165) is 26.4 Å². The maximum atomic E-state index is 12.2. The second-order valence-corrected chi connectivity index (χ2v) is 7.89. The van der Waals surface area contributed by atoms with Crippen LogP contribution in [0, 0.1) is 20.8 Å². The monoisotopic (exact) mass is 306 g/mol. The van der Waals surface area contributed by atoms with Crippen LogP contribution in [0.5, 0.6) is 0 Å². The highest BCUT2D eigenvalue weighted by Crippen LogP contribution is 2.21. The van der Waals surface area contributed by atoms with Gasteiger partial charge in [0.2, 0.25) is 0 Å². The lowest BCUT2D eigenvalue weighted by molar-refractivity contribution is 0.102. The Hall–Kier alpha value is -1.26. The second-order valence-electron chi connectivity index (χ2n) is 4.97. The Kier molecular flexibility index (Phi) is 4.89. The molecule has 0 fully saturated rings. The molecule has 0 bridgehead atoms. The molecule has 2 rings (SSSR count). The molecule has 4 heteroatoms. The summed E-state index contributed by atoms with van der Waals surface area (Å²) in [6, 6.07) is 9.83. The molecule has 0 aliphatic rings. The third-order valence-corrected chi connectivity index (χ3v) is 5.25. The predicted octanol–water partition coefficient (Wildman–Crippen LogP) is 3.80. The largest absolute Gasteiger partial charge is 0.293 e. The molecule has 0 aliphatic heterocycles. The van der Waals surface area contributed by atoms with E-state index in [-0.39, 0.29) is 11.5 Å². The molecule has 1 atom stereocenters. The van der Waals surface area contributed by atoms with Gasteiger partial charge < -0.3 is 0 Å². The molecule has 1 aromatic carbocycles. The van der Waals surface area contributed by atoms with Crippen molar-refractivity contribution in [3.8, 4) is 0 Å². The number of Topliss-reactive ketones (excluding diaryl/α,β-unsaturated/α-hetero) is 1. The number of carbonyl (C=O) groups is 1. The molecule has 1 heterocycles. The highest BCUT2D eigenvalue weighted by Gasteiger charge is 2.15. The summed E-state index contributed by atoms with van der Waals surface area (Å²) in [7, 11) is -1.15. The second kappa shape index (κ2) is 6.46. The van der Waals surface area contributed by atoms with Crippen LogP contribution in [-0.2, 0) is 16.6 Å². The third kappa shape index (κ3) is 3.87. The van der Waals surface area contributed by atoms with Crippen LogP contribution in [-0.4, -0.2) is 15.7 Å². The molecule has 0 saturated carbocycles. The lowest BCUT2D eigenvalue weighted by atomic mass is 10.2. The molecule has 0 aliphatic carbocycles. The van der Waals surface area contributed by atoms with Crippen molar-refractivity contribution in [1.29, 1.82) is 0 Å². The zero-order valence-electron chi connectivity index (χ0n) is 11.9. The Labute approximate surface area is 126 Å². The van der Waals surface area contributed by atoms with Crippen molar-refractivity contribution in [2.24, 2.45) is 0 Å². The summed E-state index contributed by atoms with van der Waals surface area (Å²) in [4.78, 5) is 14.3. The van der Waals surface area contributed by atoms with E-state index < -0.39 is 10.8 Å². The molecule has 0 N–H and O–H groups in total. The summed E-state index contributed by atoms with van der Waals surface area (Å²) < 4.78 is 12.1. The van der Waals surface area contributed by atoms with Gasteiger partial charge in [-0.1, -0.05) is 29.8 Å². The summed E-state index contributed by atoms with van der Waals surface area (Å²) in [6.07, 6.45) is 0. The average Bonchev–Trinajstić information content (AvgIpc) is 2.68. The highest BCUT2D eigenvalue weighted by atomic mass is 32.2. The molecule has 0 spiro atoms. The minimum Gasteiger partial charge on any atom is -0.293 e. The molecule has 1 unspecified atom stereocenters. The summed E-state index contributed by atoms with van der Waals surface area (Å²) in [5, 5.41) is 0. The number of carbonyl (C=O) groups excluding carboxylic acids is 1. The average molecular weight is 306 g/mol. The van der Waals surface area contributed by atoms with Gasteiger partial charge in [-0.3, -0.25) is 9.00 Å². The minimum atomic E-state index is -1.15. The molecule has 106 valence electrons. The Balaban J connectivity index is 2.01. The number of hydrogen-bond acceptors (Lipinski definition) is 3. The Morgan fingerprint density at radius 3 is 2.55 bits per heavy atom. The van der Waals surface area contributed by atoms with Crippen molar-refractivity contribution in [1.82, 2.24) is 0 Å². The first kappa shape index (κ1) is 15.1. The molecule has 0 amide bonds. The number of hydrogen-bond donors (Lipinski definition) is 0. The lowest BCUT2D eigenvalue weighted by Gasteiger charge is -2.03. The van der Waals surface area contributed by atoms with Crippen LogP contribution in [0.2, 0.25) is 0 Å². The fourth-order valence-corrected chi connectivity index (χ4v) is 4.21. The molecule has 0 radical (unpaired) electrons. The SMILES string of the molecule is Cc1cccc(CS(=O)CC(=O)c2cc(C)sc2C)c1. The van der Waals surface area contributed by atoms with Crippen molar-refractivity contribution in [3.63, 3.8) is 0 Å². The van der Waals surface area contributed by atoms with Gasteiger partial charge in [0, 0.05) is 31.9 Å². The molecule has 0 saturated heterocycles. The molecular formula is C16H18O2S2. The molecule has 2 aromatic rings. The topological polar surface area (TPSA) is 34.1 Å². The molecule has 20 heavy (non-hydrogen) atoms. The van der Waals surface area contributed by atoms with E-state index in [1.165, 1.54) is 0 Å². The zero-order valence-corrected chi connectivity index (χ0v) is 13.6. The maximum absolute atomic E-state index is 12.2. The first-order chi connectivity index (χ1) is 9.45. The van der Waals surface area contributed by atoms with Crippen LogP contribution in [0.4, 0.5) is 0 Å². The van der Waals surface area contributed by atoms with Crippen molar-refractivity contribution < 1.29 is 9.00 Å². The van der Waals surface area contributed by atoms with Crippen molar-refractivity contribution in [3.05, 3.63) is 56.8 Å². The van der Waals surface area contributed by atoms with Gasteiger partial charge in [0.25, 0.3) is 0 Å². The minimum absolute atomic E-state index is 0.0159. The van der Waals surface area contributed by atoms with Crippen LogP contribution in [0.25, 0.3) is 0 Å². The van der Waals surface area contributed by atoms with E-state index in [9.17, 15) is 9.00 Å². The van der Waals surface area contributed by atoms with E-state index in [2.05, 4.69) is 0 Å². The first-order valence-corrected chi connectivity index (χ1v) is 8.77. The quantitative estimate of drug-likeness (QED) is 0.787. The standard InChI is InChI=1S/C16H18O2S2/c1-11-5-4-6-14(7-11)9-20(18)10-16(17)15-8-12(2)19-13(15)3/h4-8H,9-10H2,1-3H3. The Bertz CT molecular complexity index is 656. The number of thiophene rings is 1. The van der Waals surface area contributed by atoms with Crippen molar-refractivity contribution in [2.75, 3.05) is 5.75 Å². The zero-order chi connectivity index (χ0) is 14.7. The van der Waals surface area contributed by atoms with Gasteiger partial charge in [-0.15, -0.1) is 11.3 Å². The number of rotatable bonds is 5. The highest BCUT2D eigenvalue weighted by molar-refractivity contribution is 7.85. The van der Waals surface area contributed by atoms with E-state index in [1.807, 2.05) is 51.1 Å². The van der Waals surface area contributed by atoms with Gasteiger partial charge in [0.1, 0.15) is 0 Å². The van der Waals surface area contributed by atoms with Gasteiger partial charge in [-0.25, -0.2) is 0 Å². The van der Waals surface area contributed by atoms with Crippen molar-refractivity contribution in [2.45, 2.75) is 26.5 Å². The number of benzene rings is 1. The fourth-order valence-electron chi connectivity index (χ4n) is 2.17. The van der Waals surface area contributed by atoms with E-state index in [1.54, 1.807) is 11.3 Å². The normalized spacial score (nSPS) is 12.3. The molecular weight excluding hydrogens is 288 g/mol. The lowest BCUT2D eigenvalue weighted by Crippen LogP contribution is -2.12. The van der Waals surface area contributed by atoms with Crippen LogP contribution in [0.15, 0.2) is 30.3 Å². The van der Waals surface area contributed by atoms with Crippen LogP contribution in [0.3, 0.4) is 0 Å². The van der Waals surface area contributed by atoms with E-state index >= 15 is 0 Å². The third-order valence-electron chi connectivity index (χ3n) is 3.04. The maximum Gasteiger partial charge on any atom is 0.176 e. The van der Waals surface area contributed by atoms with Crippen LogP contribution >= 0.6 is 11.3 Å². The van der Waals surface area contributed by atoms with Crippen molar-refractivity contribution >= 4 is 27.9 Å². The summed E-state index contributed by atoms with van der Waals surface area (Å²) >= 11 is 1.61. The fraction of sp³-hybridized carbons (Fsp3) is 0.312. The first-order valence-electron chi connectivity index (χ1n) is 6.46. The van der Waals surface area contributed by atoms with Crippen LogP contribution in [0.1, 0.15) is 31.2 Å². The Morgan fingerprint density at radius 1 is 1.20 bits per heavy atom. The van der Waals surface area contributed by atoms with Gasteiger partial charge >= 0.3 is 0 Å². The van der Waals surface area contributed by atoms with Crippen LogP contribution < -0.4 is 0 Å². The van der Waals surface area contributed by atoms with E-state index in [4.69, 9.17) is 0 Å². The molecule has 1 aromatic heterocycles. The summed E-state index contributed by atoms with van der Waals surface area (Å²) in [5.74, 6) is 0.526. The number of ketones is 1. The van der Waals surface area contributed by atoms with Gasteiger partial charge in [0.15, 0.2) is 5.78 Å². The van der Waals surface area contributed by atoms with Gasteiger partial charge in [-0.05, 0) is 32.4 Å². The smallest absolute Gasteiger partial charge is 0.176 e. The van der Waals surface area contributed by atoms with Gasteiger partial charge in [-0.2, -0.15) is 0 Å². The summed E-state index contributed by atoms with van der Waals surface area (Å²) in [5.41, 5.74) is 2.90. The Morgan fingerprint density at radius 2 is 1.95 bits per heavy atom. The number of aryl methyl sites for hydroxylation is 3.